The van der Waals surface area contributed by atoms with Gasteiger partial charge in [-0.25, -0.2) is 0 Å². The van der Waals surface area contributed by atoms with Crippen LogP contribution < -0.4 is 9.62 Å². The Balaban J connectivity index is 1.85. The molecule has 0 atom stereocenters. The van der Waals surface area contributed by atoms with Gasteiger partial charge >= 0.3 is 10.2 Å². The van der Waals surface area contributed by atoms with Gasteiger partial charge in [-0.15, -0.1) is 0 Å². The van der Waals surface area contributed by atoms with Gasteiger partial charge in [-0.1, -0.05) is 0 Å². The predicted octanol–water partition coefficient (Wildman–Crippen LogP) is 1.14. The summed E-state index contributed by atoms with van der Waals surface area (Å²) in [5, 5.41) is 2.91. The second-order valence-electron chi connectivity index (χ2n) is 6.46. The zero-order valence-electron chi connectivity index (χ0n) is 15.2. The Hall–Kier alpha value is -1.64. The Kier molecular flexibility index (Phi) is 6.80. The summed E-state index contributed by atoms with van der Waals surface area (Å²) < 4.78 is 26.5. The highest BCUT2D eigenvalue weighted by Gasteiger charge is 2.21. The number of anilines is 1. The van der Waals surface area contributed by atoms with Crippen molar-refractivity contribution in [3.8, 4) is 0 Å². The fraction of sp³-hybridized carbons (Fsp3) is 0.588. The summed E-state index contributed by atoms with van der Waals surface area (Å²) in [6, 6.07) is 6.57. The van der Waals surface area contributed by atoms with E-state index in [0.29, 0.717) is 17.8 Å². The maximum atomic E-state index is 12.2. The van der Waals surface area contributed by atoms with Crippen molar-refractivity contribution in [3.63, 3.8) is 0 Å². The van der Waals surface area contributed by atoms with Gasteiger partial charge < -0.3 is 10.2 Å². The van der Waals surface area contributed by atoms with Crippen molar-refractivity contribution < 1.29 is 13.2 Å². The molecule has 1 saturated heterocycles. The van der Waals surface area contributed by atoms with Crippen LogP contribution in [0.5, 0.6) is 0 Å². The molecule has 0 spiro atoms. The number of rotatable bonds is 8. The van der Waals surface area contributed by atoms with Crippen molar-refractivity contribution in [2.24, 2.45) is 0 Å². The van der Waals surface area contributed by atoms with E-state index in [0.717, 1.165) is 17.3 Å². The summed E-state index contributed by atoms with van der Waals surface area (Å²) in [5.41, 5.74) is 1.04. The first-order valence-electron chi connectivity index (χ1n) is 8.59. The zero-order valence-corrected chi connectivity index (χ0v) is 16.1. The summed E-state index contributed by atoms with van der Waals surface area (Å²) in [4.78, 5) is 14.6. The minimum Gasteiger partial charge on any atom is -0.352 e. The van der Waals surface area contributed by atoms with E-state index in [1.807, 2.05) is 0 Å². The van der Waals surface area contributed by atoms with Crippen LogP contribution in [-0.4, -0.2) is 70.9 Å². The lowest BCUT2D eigenvalue weighted by Crippen LogP contribution is -2.37. The van der Waals surface area contributed by atoms with Crippen LogP contribution in [0.1, 0.15) is 29.6 Å². The summed E-state index contributed by atoms with van der Waals surface area (Å²) in [6.45, 7) is 4.00. The van der Waals surface area contributed by atoms with Gasteiger partial charge in [0.25, 0.3) is 5.91 Å². The lowest BCUT2D eigenvalue weighted by molar-refractivity contribution is 0.0952. The van der Waals surface area contributed by atoms with E-state index >= 15 is 0 Å². The van der Waals surface area contributed by atoms with E-state index < -0.39 is 10.2 Å². The SMILES string of the molecule is CN(C)S(=O)(=O)N(C)c1ccc(C(=O)NCCCN2CCCC2)cc1. The number of nitrogens with one attached hydrogen (secondary N) is 1. The van der Waals surface area contributed by atoms with E-state index in [2.05, 4.69) is 10.2 Å². The van der Waals surface area contributed by atoms with Crippen LogP contribution >= 0.6 is 0 Å². The molecule has 1 aliphatic rings. The van der Waals surface area contributed by atoms with Crippen molar-refractivity contribution in [1.82, 2.24) is 14.5 Å². The molecule has 25 heavy (non-hydrogen) atoms. The Morgan fingerprint density at radius 3 is 2.28 bits per heavy atom. The number of carbonyl (C=O) groups excluding carboxylic acids is 1. The highest BCUT2D eigenvalue weighted by Crippen LogP contribution is 2.18. The number of likely N-dealkylation sites (tertiary alicyclic amines) is 1. The molecule has 1 heterocycles. The van der Waals surface area contributed by atoms with Gasteiger partial charge in [0.2, 0.25) is 0 Å². The van der Waals surface area contributed by atoms with Crippen molar-refractivity contribution in [3.05, 3.63) is 29.8 Å². The summed E-state index contributed by atoms with van der Waals surface area (Å²) in [5.74, 6) is -0.133. The molecule has 2 rings (SSSR count). The van der Waals surface area contributed by atoms with Crippen molar-refractivity contribution >= 4 is 21.8 Å². The molecule has 1 fully saturated rings. The highest BCUT2D eigenvalue weighted by atomic mass is 32.2. The molecule has 1 aromatic rings. The molecule has 0 saturated carbocycles. The van der Waals surface area contributed by atoms with Gasteiger partial charge in [0.15, 0.2) is 0 Å². The van der Waals surface area contributed by atoms with Crippen LogP contribution in [0.3, 0.4) is 0 Å². The number of benzene rings is 1. The lowest BCUT2D eigenvalue weighted by Gasteiger charge is -2.23. The molecule has 8 heteroatoms. The maximum Gasteiger partial charge on any atom is 0.303 e. The molecule has 0 unspecified atom stereocenters. The number of hydrogen-bond acceptors (Lipinski definition) is 4. The fourth-order valence-electron chi connectivity index (χ4n) is 2.81. The standard InChI is InChI=1S/C17H28N4O3S/c1-19(2)25(23,24)20(3)16-9-7-15(8-10-16)17(22)18-11-6-14-21-12-4-5-13-21/h7-10H,4-6,11-14H2,1-3H3,(H,18,22). The third kappa shape index (κ3) is 5.17. The summed E-state index contributed by atoms with van der Waals surface area (Å²) >= 11 is 0. The molecular weight excluding hydrogens is 340 g/mol. The predicted molar refractivity (Wildman–Crippen MR) is 100 cm³/mol. The number of hydrogen-bond donors (Lipinski definition) is 1. The first-order valence-corrected chi connectivity index (χ1v) is 9.99. The Morgan fingerprint density at radius 1 is 1.12 bits per heavy atom. The second kappa shape index (κ2) is 8.64. The molecule has 1 aliphatic heterocycles. The monoisotopic (exact) mass is 368 g/mol. The first kappa shape index (κ1) is 19.7. The Labute approximate surface area is 150 Å². The first-order chi connectivity index (χ1) is 11.8. The third-order valence-electron chi connectivity index (χ3n) is 4.44. The van der Waals surface area contributed by atoms with Crippen LogP contribution in [0.25, 0.3) is 0 Å². The molecule has 0 radical (unpaired) electrons. The molecule has 7 nitrogen and oxygen atoms in total. The zero-order chi connectivity index (χ0) is 18.4. The molecule has 0 bridgehead atoms. The highest BCUT2D eigenvalue weighted by molar-refractivity contribution is 7.90. The normalized spacial score (nSPS) is 15.5. The average molecular weight is 369 g/mol. The Morgan fingerprint density at radius 2 is 1.72 bits per heavy atom. The van der Waals surface area contributed by atoms with Crippen LogP contribution in [0.15, 0.2) is 24.3 Å². The third-order valence-corrected chi connectivity index (χ3v) is 6.26. The van der Waals surface area contributed by atoms with Gasteiger partial charge in [-0.3, -0.25) is 9.10 Å². The van der Waals surface area contributed by atoms with E-state index in [-0.39, 0.29) is 5.91 Å². The van der Waals surface area contributed by atoms with Gasteiger partial charge in [-0.2, -0.15) is 12.7 Å². The molecule has 0 aliphatic carbocycles. The van der Waals surface area contributed by atoms with Crippen LogP contribution in [0.4, 0.5) is 5.69 Å². The quantitative estimate of drug-likeness (QED) is 0.699. The molecular formula is C17H28N4O3S. The molecule has 0 aromatic heterocycles. The van der Waals surface area contributed by atoms with E-state index in [1.54, 1.807) is 24.3 Å². The van der Waals surface area contributed by atoms with E-state index in [9.17, 15) is 13.2 Å². The second-order valence-corrected chi connectivity index (χ2v) is 8.64. The van der Waals surface area contributed by atoms with E-state index in [4.69, 9.17) is 0 Å². The number of amides is 1. The molecule has 1 amide bonds. The maximum absolute atomic E-state index is 12.2. The average Bonchev–Trinajstić information content (AvgIpc) is 3.11. The van der Waals surface area contributed by atoms with E-state index in [1.165, 1.54) is 51.4 Å². The number of carbonyl (C=O) groups is 1. The van der Waals surface area contributed by atoms with Crippen molar-refractivity contribution in [2.75, 3.05) is 51.6 Å². The summed E-state index contributed by atoms with van der Waals surface area (Å²) in [6.07, 6.45) is 3.49. The lowest BCUT2D eigenvalue weighted by atomic mass is 10.2. The van der Waals surface area contributed by atoms with Gasteiger partial charge in [0.1, 0.15) is 0 Å². The molecule has 1 N–H and O–H groups in total. The van der Waals surface area contributed by atoms with Crippen molar-refractivity contribution in [2.45, 2.75) is 19.3 Å². The minimum absolute atomic E-state index is 0.133. The van der Waals surface area contributed by atoms with Gasteiger partial charge in [0.05, 0.1) is 5.69 Å². The van der Waals surface area contributed by atoms with Crippen molar-refractivity contribution in [1.29, 1.82) is 0 Å². The van der Waals surface area contributed by atoms with Crippen LogP contribution in [0.2, 0.25) is 0 Å². The Bertz CT molecular complexity index is 668. The van der Waals surface area contributed by atoms with Crippen LogP contribution in [-0.2, 0) is 10.2 Å². The minimum atomic E-state index is -3.53. The fourth-order valence-corrected chi connectivity index (χ4v) is 3.69. The summed E-state index contributed by atoms with van der Waals surface area (Å²) in [7, 11) is 0.925. The smallest absolute Gasteiger partial charge is 0.303 e. The van der Waals surface area contributed by atoms with Gasteiger partial charge in [0, 0.05) is 33.3 Å². The number of nitrogens with zero attached hydrogens (tertiary/aromatic N) is 3. The molecule has 1 aromatic carbocycles. The topological polar surface area (TPSA) is 73.0 Å². The largest absolute Gasteiger partial charge is 0.352 e. The molecule has 140 valence electrons. The van der Waals surface area contributed by atoms with Gasteiger partial charge in [-0.05, 0) is 63.2 Å². The van der Waals surface area contributed by atoms with Crippen LogP contribution in [0, 0.1) is 0 Å².